The fourth-order valence-corrected chi connectivity index (χ4v) is 3.61. The van der Waals surface area contributed by atoms with Crippen molar-refractivity contribution in [3.05, 3.63) is 16.1 Å². The first kappa shape index (κ1) is 13.0. The Morgan fingerprint density at radius 3 is 2.71 bits per heavy atom. The van der Waals surface area contributed by atoms with Crippen LogP contribution in [0.4, 0.5) is 0 Å². The molecule has 0 saturated heterocycles. The van der Waals surface area contributed by atoms with Gasteiger partial charge in [0.2, 0.25) is 0 Å². The third-order valence-corrected chi connectivity index (χ3v) is 4.91. The zero-order valence-electron chi connectivity index (χ0n) is 11.0. The van der Waals surface area contributed by atoms with Crippen LogP contribution in [0.3, 0.4) is 0 Å². The van der Waals surface area contributed by atoms with Crippen LogP contribution in [0.1, 0.15) is 56.2 Å². The normalized spacial score (nSPS) is 19.1. The predicted molar refractivity (Wildman–Crippen MR) is 74.4 cm³/mol. The van der Waals surface area contributed by atoms with Crippen LogP contribution in [0.15, 0.2) is 5.38 Å². The molecule has 0 aliphatic heterocycles. The minimum atomic E-state index is 0.581. The second-order valence-electron chi connectivity index (χ2n) is 5.59. The highest BCUT2D eigenvalue weighted by Gasteiger charge is 2.21. The molecule has 2 rings (SSSR count). The van der Waals surface area contributed by atoms with E-state index in [-0.39, 0.29) is 0 Å². The number of thiazole rings is 1. The molecule has 2 N–H and O–H groups in total. The highest BCUT2D eigenvalue weighted by Crippen LogP contribution is 2.34. The van der Waals surface area contributed by atoms with Crippen LogP contribution in [0.25, 0.3) is 0 Å². The van der Waals surface area contributed by atoms with Crippen LogP contribution >= 0.6 is 11.3 Å². The molecule has 1 aromatic heterocycles. The second kappa shape index (κ2) is 5.96. The Balaban J connectivity index is 1.97. The summed E-state index contributed by atoms with van der Waals surface area (Å²) >= 11 is 1.83. The molecule has 96 valence electrons. The number of hydrogen-bond acceptors (Lipinski definition) is 3. The van der Waals surface area contributed by atoms with Gasteiger partial charge in [-0.1, -0.05) is 26.7 Å². The highest BCUT2D eigenvalue weighted by atomic mass is 32.1. The third-order valence-electron chi connectivity index (χ3n) is 4.03. The first-order valence-electron chi connectivity index (χ1n) is 6.85. The molecule has 0 spiro atoms. The summed E-state index contributed by atoms with van der Waals surface area (Å²) in [5, 5.41) is 3.57. The molecule has 1 aromatic rings. The van der Waals surface area contributed by atoms with Crippen molar-refractivity contribution in [2.24, 2.45) is 17.6 Å². The van der Waals surface area contributed by atoms with Crippen LogP contribution < -0.4 is 5.73 Å². The largest absolute Gasteiger partial charge is 0.330 e. The number of hydrogen-bond donors (Lipinski definition) is 1. The molecule has 1 aliphatic carbocycles. The lowest BCUT2D eigenvalue weighted by atomic mass is 9.93. The maximum Gasteiger partial charge on any atom is 0.0931 e. The van der Waals surface area contributed by atoms with Gasteiger partial charge in [0.05, 0.1) is 10.7 Å². The fourth-order valence-electron chi connectivity index (χ4n) is 2.64. The van der Waals surface area contributed by atoms with Crippen molar-refractivity contribution < 1.29 is 0 Å². The predicted octanol–water partition coefficient (Wildman–Crippen LogP) is 3.57. The SMILES string of the molecule is CC(C)C(CN)Cc1nc(C2CCCC2)cs1. The highest BCUT2D eigenvalue weighted by molar-refractivity contribution is 7.09. The van der Waals surface area contributed by atoms with Gasteiger partial charge >= 0.3 is 0 Å². The summed E-state index contributed by atoms with van der Waals surface area (Å²) in [6.07, 6.45) is 6.51. The average Bonchev–Trinajstić information content (AvgIpc) is 2.95. The lowest BCUT2D eigenvalue weighted by Gasteiger charge is -2.16. The van der Waals surface area contributed by atoms with Crippen LogP contribution in [0.2, 0.25) is 0 Å². The Labute approximate surface area is 109 Å². The standard InChI is InChI=1S/C14H24N2S/c1-10(2)12(8-15)7-14-16-13(9-17-14)11-5-3-4-6-11/h9-12H,3-8,15H2,1-2H3. The van der Waals surface area contributed by atoms with Gasteiger partial charge in [-0.2, -0.15) is 0 Å². The molecule has 0 bridgehead atoms. The van der Waals surface area contributed by atoms with Crippen molar-refractivity contribution in [2.45, 2.75) is 51.9 Å². The van der Waals surface area contributed by atoms with Gasteiger partial charge in [-0.25, -0.2) is 4.98 Å². The summed E-state index contributed by atoms with van der Waals surface area (Å²) < 4.78 is 0. The van der Waals surface area contributed by atoms with E-state index in [1.54, 1.807) is 0 Å². The van der Waals surface area contributed by atoms with E-state index in [2.05, 4.69) is 19.2 Å². The Hall–Kier alpha value is -0.410. The summed E-state index contributed by atoms with van der Waals surface area (Å²) in [6.45, 7) is 5.28. The molecule has 1 saturated carbocycles. The van der Waals surface area contributed by atoms with Crippen LogP contribution in [-0.4, -0.2) is 11.5 Å². The van der Waals surface area contributed by atoms with Crippen molar-refractivity contribution in [3.63, 3.8) is 0 Å². The van der Waals surface area contributed by atoms with Gasteiger partial charge in [-0.05, 0) is 31.2 Å². The lowest BCUT2D eigenvalue weighted by Crippen LogP contribution is -2.22. The fraction of sp³-hybridized carbons (Fsp3) is 0.786. The average molecular weight is 252 g/mol. The summed E-state index contributed by atoms with van der Waals surface area (Å²) in [4.78, 5) is 4.83. The molecule has 1 heterocycles. The summed E-state index contributed by atoms with van der Waals surface area (Å²) in [6, 6.07) is 0. The van der Waals surface area contributed by atoms with E-state index in [1.165, 1.54) is 36.4 Å². The number of nitrogens with zero attached hydrogens (tertiary/aromatic N) is 1. The maximum atomic E-state index is 5.83. The van der Waals surface area contributed by atoms with Crippen molar-refractivity contribution >= 4 is 11.3 Å². The molecule has 1 fully saturated rings. The molecule has 1 atom stereocenters. The van der Waals surface area contributed by atoms with Crippen LogP contribution in [0.5, 0.6) is 0 Å². The quantitative estimate of drug-likeness (QED) is 0.870. The molecule has 1 unspecified atom stereocenters. The van der Waals surface area contributed by atoms with Gasteiger partial charge in [-0.15, -0.1) is 11.3 Å². The zero-order valence-corrected chi connectivity index (χ0v) is 11.8. The monoisotopic (exact) mass is 252 g/mol. The molecule has 3 heteroatoms. The van der Waals surface area contributed by atoms with Gasteiger partial charge in [0.1, 0.15) is 0 Å². The molecular formula is C14H24N2S. The van der Waals surface area contributed by atoms with E-state index in [1.807, 2.05) is 11.3 Å². The van der Waals surface area contributed by atoms with Gasteiger partial charge in [-0.3, -0.25) is 0 Å². The molecular weight excluding hydrogens is 228 g/mol. The summed E-state index contributed by atoms with van der Waals surface area (Å²) in [7, 11) is 0. The first-order valence-corrected chi connectivity index (χ1v) is 7.73. The Kier molecular flexibility index (Phi) is 4.57. The Bertz CT molecular complexity index is 340. The van der Waals surface area contributed by atoms with Crippen molar-refractivity contribution in [2.75, 3.05) is 6.54 Å². The molecule has 2 nitrogen and oxygen atoms in total. The molecule has 0 radical (unpaired) electrons. The van der Waals surface area contributed by atoms with Gasteiger partial charge in [0.15, 0.2) is 0 Å². The van der Waals surface area contributed by atoms with E-state index in [0.717, 1.165) is 18.9 Å². The van der Waals surface area contributed by atoms with Crippen molar-refractivity contribution in [3.8, 4) is 0 Å². The van der Waals surface area contributed by atoms with E-state index in [0.29, 0.717) is 11.8 Å². The summed E-state index contributed by atoms with van der Waals surface area (Å²) in [5.74, 6) is 1.98. The smallest absolute Gasteiger partial charge is 0.0931 e. The summed E-state index contributed by atoms with van der Waals surface area (Å²) in [5.41, 5.74) is 7.18. The number of aromatic nitrogens is 1. The van der Waals surface area contributed by atoms with Crippen molar-refractivity contribution in [1.29, 1.82) is 0 Å². The molecule has 17 heavy (non-hydrogen) atoms. The minimum absolute atomic E-state index is 0.581. The molecule has 1 aliphatic rings. The molecule has 0 amide bonds. The van der Waals surface area contributed by atoms with E-state index < -0.39 is 0 Å². The van der Waals surface area contributed by atoms with E-state index in [4.69, 9.17) is 10.7 Å². The number of rotatable bonds is 5. The Morgan fingerprint density at radius 1 is 1.41 bits per heavy atom. The van der Waals surface area contributed by atoms with Gasteiger partial charge in [0, 0.05) is 17.7 Å². The van der Waals surface area contributed by atoms with Gasteiger partial charge in [0.25, 0.3) is 0 Å². The van der Waals surface area contributed by atoms with E-state index >= 15 is 0 Å². The first-order chi connectivity index (χ1) is 8.20. The van der Waals surface area contributed by atoms with E-state index in [9.17, 15) is 0 Å². The van der Waals surface area contributed by atoms with Gasteiger partial charge < -0.3 is 5.73 Å². The maximum absolute atomic E-state index is 5.83. The minimum Gasteiger partial charge on any atom is -0.330 e. The Morgan fingerprint density at radius 2 is 2.12 bits per heavy atom. The van der Waals surface area contributed by atoms with Crippen LogP contribution in [0, 0.1) is 11.8 Å². The van der Waals surface area contributed by atoms with Crippen LogP contribution in [-0.2, 0) is 6.42 Å². The lowest BCUT2D eigenvalue weighted by molar-refractivity contribution is 0.391. The zero-order chi connectivity index (χ0) is 12.3. The van der Waals surface area contributed by atoms with Crippen molar-refractivity contribution in [1.82, 2.24) is 4.98 Å². The third kappa shape index (κ3) is 3.29. The number of nitrogens with two attached hydrogens (primary N) is 1. The molecule has 0 aromatic carbocycles. The second-order valence-corrected chi connectivity index (χ2v) is 6.53. The topological polar surface area (TPSA) is 38.9 Å².